The molecule has 25 heavy (non-hydrogen) atoms. The van der Waals surface area contributed by atoms with Gasteiger partial charge in [0.05, 0.1) is 0 Å². The molecular weight excluding hydrogens is 406 g/mol. The molecule has 1 rings (SSSR count). The molecule has 0 bridgehead atoms. The Labute approximate surface area is 159 Å². The minimum atomic E-state index is -3.46. The molecule has 1 aromatic rings. The highest BCUT2D eigenvalue weighted by atomic mass is 79.9. The van der Waals surface area contributed by atoms with Gasteiger partial charge in [0, 0.05) is 37.6 Å². The average molecular weight is 434 g/mol. The maximum Gasteiger partial charge on any atom is 0.278 e. The molecule has 0 spiro atoms. The molecule has 0 saturated carbocycles. The number of carbonyl (C=O) groups is 1. The van der Waals surface area contributed by atoms with E-state index < -0.39 is 10.2 Å². The lowest BCUT2D eigenvalue weighted by Gasteiger charge is -2.19. The van der Waals surface area contributed by atoms with Gasteiger partial charge in [-0.3, -0.25) is 4.79 Å². The van der Waals surface area contributed by atoms with Gasteiger partial charge in [-0.2, -0.15) is 12.7 Å². The quantitative estimate of drug-likeness (QED) is 0.554. The first-order valence-electron chi connectivity index (χ1n) is 8.31. The summed E-state index contributed by atoms with van der Waals surface area (Å²) >= 11 is 3.45. The van der Waals surface area contributed by atoms with Crippen molar-refractivity contribution in [3.63, 3.8) is 0 Å². The van der Waals surface area contributed by atoms with E-state index in [0.29, 0.717) is 12.3 Å². The summed E-state index contributed by atoms with van der Waals surface area (Å²) in [6.07, 6.45) is 1.44. The highest BCUT2D eigenvalue weighted by Crippen LogP contribution is 2.20. The number of nitrogens with one attached hydrogen (secondary N) is 2. The second kappa shape index (κ2) is 10.3. The van der Waals surface area contributed by atoms with Gasteiger partial charge < -0.3 is 5.32 Å². The van der Waals surface area contributed by atoms with Crippen molar-refractivity contribution in [2.45, 2.75) is 26.7 Å². The van der Waals surface area contributed by atoms with E-state index in [1.165, 1.54) is 14.1 Å². The van der Waals surface area contributed by atoms with Gasteiger partial charge in [-0.25, -0.2) is 4.72 Å². The summed E-state index contributed by atoms with van der Waals surface area (Å²) in [6.45, 7) is 4.61. The number of rotatable bonds is 10. The second-order valence-electron chi connectivity index (χ2n) is 6.63. The molecule has 0 radical (unpaired) electrons. The molecule has 2 N–H and O–H groups in total. The predicted octanol–water partition coefficient (Wildman–Crippen LogP) is 2.17. The Morgan fingerprint density at radius 3 is 2.48 bits per heavy atom. The van der Waals surface area contributed by atoms with Crippen molar-refractivity contribution in [2.75, 3.05) is 27.2 Å². The lowest BCUT2D eigenvalue weighted by atomic mass is 9.90. The monoisotopic (exact) mass is 433 g/mol. The zero-order chi connectivity index (χ0) is 19.0. The SMILES string of the molecule is CC(C)CC(Cc1cccc(Br)c1)C(=O)NCCNS(=O)(=O)N(C)C. The third-order valence-corrected chi connectivity index (χ3v) is 5.71. The largest absolute Gasteiger partial charge is 0.355 e. The molecule has 6 nitrogen and oxygen atoms in total. The van der Waals surface area contributed by atoms with Crippen LogP contribution in [0.15, 0.2) is 28.7 Å². The van der Waals surface area contributed by atoms with Crippen LogP contribution in [0.4, 0.5) is 0 Å². The number of halogens is 1. The molecule has 1 amide bonds. The molecule has 0 aromatic heterocycles. The van der Waals surface area contributed by atoms with Gasteiger partial charge in [-0.15, -0.1) is 0 Å². The van der Waals surface area contributed by atoms with E-state index in [1.807, 2.05) is 24.3 Å². The van der Waals surface area contributed by atoms with Crippen molar-refractivity contribution >= 4 is 32.0 Å². The van der Waals surface area contributed by atoms with Crippen LogP contribution in [-0.2, 0) is 21.4 Å². The van der Waals surface area contributed by atoms with E-state index in [-0.39, 0.29) is 24.9 Å². The molecule has 8 heteroatoms. The fourth-order valence-corrected chi connectivity index (χ4v) is 3.50. The molecule has 142 valence electrons. The van der Waals surface area contributed by atoms with Crippen molar-refractivity contribution in [2.24, 2.45) is 11.8 Å². The Bertz CT molecular complexity index is 663. The van der Waals surface area contributed by atoms with Gasteiger partial charge in [-0.1, -0.05) is 41.9 Å². The van der Waals surface area contributed by atoms with Crippen molar-refractivity contribution in [1.29, 1.82) is 0 Å². The first-order chi connectivity index (χ1) is 11.6. The maximum atomic E-state index is 12.5. The number of hydrogen-bond donors (Lipinski definition) is 2. The topological polar surface area (TPSA) is 78.5 Å². The summed E-state index contributed by atoms with van der Waals surface area (Å²) in [5.74, 6) is 0.215. The first kappa shape index (κ1) is 22.1. The van der Waals surface area contributed by atoms with Gasteiger partial charge in [0.15, 0.2) is 0 Å². The summed E-state index contributed by atoms with van der Waals surface area (Å²) < 4.78 is 27.8. The van der Waals surface area contributed by atoms with Gasteiger partial charge in [0.2, 0.25) is 5.91 Å². The molecule has 1 aromatic carbocycles. The molecule has 0 saturated heterocycles. The predicted molar refractivity (Wildman–Crippen MR) is 104 cm³/mol. The fourth-order valence-electron chi connectivity index (χ4n) is 2.44. The Morgan fingerprint density at radius 2 is 1.92 bits per heavy atom. The Kier molecular flexibility index (Phi) is 9.06. The molecule has 1 unspecified atom stereocenters. The standard InChI is InChI=1S/C17H28BrN3O3S/c1-13(2)10-15(11-14-6-5-7-16(18)12-14)17(22)19-8-9-20-25(23,24)21(3)4/h5-7,12-13,15,20H,8-11H2,1-4H3,(H,19,22). The van der Waals surface area contributed by atoms with E-state index in [9.17, 15) is 13.2 Å². The van der Waals surface area contributed by atoms with Crippen LogP contribution in [0.3, 0.4) is 0 Å². The van der Waals surface area contributed by atoms with E-state index >= 15 is 0 Å². The van der Waals surface area contributed by atoms with Gasteiger partial charge in [0.25, 0.3) is 10.2 Å². The highest BCUT2D eigenvalue weighted by molar-refractivity contribution is 9.10. The van der Waals surface area contributed by atoms with Crippen LogP contribution >= 0.6 is 15.9 Å². The molecule has 0 heterocycles. The summed E-state index contributed by atoms with van der Waals surface area (Å²) in [5.41, 5.74) is 1.10. The lowest BCUT2D eigenvalue weighted by molar-refractivity contribution is -0.125. The van der Waals surface area contributed by atoms with Crippen molar-refractivity contribution < 1.29 is 13.2 Å². The van der Waals surface area contributed by atoms with Crippen LogP contribution in [0.5, 0.6) is 0 Å². The van der Waals surface area contributed by atoms with E-state index in [0.717, 1.165) is 20.8 Å². The molecule has 0 fully saturated rings. The number of amides is 1. The zero-order valence-electron chi connectivity index (χ0n) is 15.3. The molecular formula is C17H28BrN3O3S. The minimum absolute atomic E-state index is 0.0438. The summed E-state index contributed by atoms with van der Waals surface area (Å²) in [7, 11) is -0.550. The zero-order valence-corrected chi connectivity index (χ0v) is 17.7. The fraction of sp³-hybridized carbons (Fsp3) is 0.588. The molecule has 0 aliphatic rings. The average Bonchev–Trinajstić information content (AvgIpc) is 2.50. The third-order valence-electron chi connectivity index (χ3n) is 3.69. The van der Waals surface area contributed by atoms with Crippen molar-refractivity contribution in [1.82, 2.24) is 14.3 Å². The minimum Gasteiger partial charge on any atom is -0.355 e. The third kappa shape index (κ3) is 8.31. The van der Waals surface area contributed by atoms with Crippen molar-refractivity contribution in [3.8, 4) is 0 Å². The van der Waals surface area contributed by atoms with E-state index in [4.69, 9.17) is 0 Å². The highest BCUT2D eigenvalue weighted by Gasteiger charge is 2.20. The van der Waals surface area contributed by atoms with Crippen LogP contribution < -0.4 is 10.0 Å². The Balaban J connectivity index is 2.59. The van der Waals surface area contributed by atoms with Gasteiger partial charge >= 0.3 is 0 Å². The molecule has 1 atom stereocenters. The van der Waals surface area contributed by atoms with Gasteiger partial charge in [-0.05, 0) is 36.5 Å². The smallest absolute Gasteiger partial charge is 0.278 e. The number of nitrogens with zero attached hydrogens (tertiary/aromatic N) is 1. The second-order valence-corrected chi connectivity index (χ2v) is 9.52. The number of hydrogen-bond acceptors (Lipinski definition) is 3. The number of carbonyl (C=O) groups excluding carboxylic acids is 1. The maximum absolute atomic E-state index is 12.5. The summed E-state index contributed by atoms with van der Waals surface area (Å²) in [5, 5.41) is 2.84. The lowest BCUT2D eigenvalue weighted by Crippen LogP contribution is -2.41. The first-order valence-corrected chi connectivity index (χ1v) is 10.5. The van der Waals surface area contributed by atoms with Gasteiger partial charge in [0.1, 0.15) is 0 Å². The van der Waals surface area contributed by atoms with Crippen LogP contribution in [0.25, 0.3) is 0 Å². The van der Waals surface area contributed by atoms with Crippen LogP contribution in [0.1, 0.15) is 25.8 Å². The van der Waals surface area contributed by atoms with E-state index in [2.05, 4.69) is 39.8 Å². The van der Waals surface area contributed by atoms with Crippen molar-refractivity contribution in [3.05, 3.63) is 34.3 Å². The summed E-state index contributed by atoms with van der Waals surface area (Å²) in [6, 6.07) is 7.94. The summed E-state index contributed by atoms with van der Waals surface area (Å²) in [4.78, 5) is 12.5. The Hall–Kier alpha value is -0.960. The van der Waals surface area contributed by atoms with Crippen LogP contribution in [0.2, 0.25) is 0 Å². The number of benzene rings is 1. The van der Waals surface area contributed by atoms with E-state index in [1.54, 1.807) is 0 Å². The molecule has 0 aliphatic heterocycles. The van der Waals surface area contributed by atoms with Crippen LogP contribution in [-0.4, -0.2) is 45.8 Å². The Morgan fingerprint density at radius 1 is 1.24 bits per heavy atom. The molecule has 0 aliphatic carbocycles. The van der Waals surface area contributed by atoms with Crippen LogP contribution in [0, 0.1) is 11.8 Å². The normalized spacial score (nSPS) is 13.2.